The van der Waals surface area contributed by atoms with Gasteiger partial charge in [-0.1, -0.05) is 44.2 Å². The summed E-state index contributed by atoms with van der Waals surface area (Å²) in [6, 6.07) is 9.97. The average Bonchev–Trinajstić information content (AvgIpc) is 2.90. The van der Waals surface area contributed by atoms with Crippen LogP contribution in [0.4, 0.5) is 4.79 Å². The lowest BCUT2D eigenvalue weighted by atomic mass is 9.88. The maximum Gasteiger partial charge on any atom is 0.410 e. The molecule has 0 bridgehead atoms. The second-order valence-corrected chi connectivity index (χ2v) is 6.51. The van der Waals surface area contributed by atoms with Crippen LogP contribution in [0.3, 0.4) is 0 Å². The second kappa shape index (κ2) is 7.99. The molecule has 23 heavy (non-hydrogen) atoms. The molecule has 1 aromatic carbocycles. The molecular weight excluding hydrogens is 292 g/mol. The number of nitrogens with zero attached hydrogens (tertiary/aromatic N) is 1. The van der Waals surface area contributed by atoms with E-state index < -0.39 is 0 Å². The number of ether oxygens (including phenoxy) is 1. The number of hydrogen-bond acceptors (Lipinski definition) is 3. The van der Waals surface area contributed by atoms with Gasteiger partial charge in [0.25, 0.3) is 0 Å². The fourth-order valence-electron chi connectivity index (χ4n) is 2.82. The molecule has 2 atom stereocenters. The number of nitrogens with one attached hydrogen (secondary N) is 1. The molecular formula is C18H26N2O3. The highest BCUT2D eigenvalue weighted by atomic mass is 16.6. The molecule has 2 amide bonds. The van der Waals surface area contributed by atoms with E-state index in [1.165, 1.54) is 0 Å². The Kier molecular flexibility index (Phi) is 6.02. The summed E-state index contributed by atoms with van der Waals surface area (Å²) < 4.78 is 4.91. The van der Waals surface area contributed by atoms with Crippen molar-refractivity contribution >= 4 is 12.0 Å². The summed E-state index contributed by atoms with van der Waals surface area (Å²) in [6.45, 7) is 7.56. The first-order valence-electron chi connectivity index (χ1n) is 8.23. The number of carbonyl (C=O) groups is 2. The summed E-state index contributed by atoms with van der Waals surface area (Å²) in [4.78, 5) is 25.7. The first-order chi connectivity index (χ1) is 11.0. The van der Waals surface area contributed by atoms with E-state index in [0.29, 0.717) is 19.7 Å². The lowest BCUT2D eigenvalue weighted by Gasteiger charge is -2.25. The van der Waals surface area contributed by atoms with Crippen LogP contribution < -0.4 is 5.32 Å². The van der Waals surface area contributed by atoms with Crippen molar-refractivity contribution in [2.24, 2.45) is 11.8 Å². The van der Waals surface area contributed by atoms with Gasteiger partial charge in [0.1, 0.15) is 6.61 Å². The van der Waals surface area contributed by atoms with Crippen molar-refractivity contribution in [3.63, 3.8) is 0 Å². The van der Waals surface area contributed by atoms with Crippen LogP contribution in [0.2, 0.25) is 0 Å². The zero-order chi connectivity index (χ0) is 16.8. The van der Waals surface area contributed by atoms with E-state index in [1.807, 2.05) is 37.3 Å². The first-order valence-corrected chi connectivity index (χ1v) is 8.23. The Hall–Kier alpha value is -2.04. The van der Waals surface area contributed by atoms with E-state index in [1.54, 1.807) is 4.90 Å². The fourth-order valence-corrected chi connectivity index (χ4v) is 2.82. The summed E-state index contributed by atoms with van der Waals surface area (Å²) in [5.41, 5.74) is 1.16. The summed E-state index contributed by atoms with van der Waals surface area (Å²) in [6.07, 6.45) is 0.429. The Morgan fingerprint density at radius 2 is 1.96 bits per heavy atom. The Morgan fingerprint density at radius 1 is 1.26 bits per heavy atom. The van der Waals surface area contributed by atoms with Crippen LogP contribution in [0.1, 0.15) is 26.3 Å². The normalized spacial score (nSPS) is 17.0. The minimum atomic E-state index is -0.296. The van der Waals surface area contributed by atoms with Gasteiger partial charge >= 0.3 is 6.09 Å². The largest absolute Gasteiger partial charge is 0.448 e. The monoisotopic (exact) mass is 318 g/mol. The van der Waals surface area contributed by atoms with Gasteiger partial charge in [-0.15, -0.1) is 0 Å². The van der Waals surface area contributed by atoms with Gasteiger partial charge in [-0.25, -0.2) is 4.79 Å². The van der Waals surface area contributed by atoms with Gasteiger partial charge in [-0.3, -0.25) is 4.79 Å². The Morgan fingerprint density at radius 3 is 2.52 bits per heavy atom. The van der Waals surface area contributed by atoms with E-state index in [4.69, 9.17) is 4.74 Å². The molecule has 0 radical (unpaired) electrons. The minimum Gasteiger partial charge on any atom is -0.448 e. The first kappa shape index (κ1) is 17.3. The van der Waals surface area contributed by atoms with Crippen LogP contribution in [0.15, 0.2) is 30.3 Å². The van der Waals surface area contributed by atoms with Crippen LogP contribution in [0.25, 0.3) is 0 Å². The maximum atomic E-state index is 12.6. The van der Waals surface area contributed by atoms with Crippen LogP contribution in [-0.2, 0) is 16.0 Å². The van der Waals surface area contributed by atoms with Crippen LogP contribution in [0, 0.1) is 11.8 Å². The third kappa shape index (κ3) is 4.98. The number of cyclic esters (lactones) is 1. The molecule has 1 N–H and O–H groups in total. The van der Waals surface area contributed by atoms with E-state index in [-0.39, 0.29) is 29.9 Å². The summed E-state index contributed by atoms with van der Waals surface area (Å²) in [7, 11) is 0. The highest BCUT2D eigenvalue weighted by Crippen LogP contribution is 2.18. The standard InChI is InChI=1S/C18H26N2O3/c1-13(2)16(11-15-7-5-4-6-8-15)17(21)19-14(3)12-20-9-10-23-18(20)22/h4-8,13-14,16H,9-12H2,1-3H3,(H,19,21). The van der Waals surface area contributed by atoms with Gasteiger partial charge in [0.05, 0.1) is 6.54 Å². The van der Waals surface area contributed by atoms with Crippen molar-refractivity contribution in [3.8, 4) is 0 Å². The fraction of sp³-hybridized carbons (Fsp3) is 0.556. The minimum absolute atomic E-state index is 0.0453. The molecule has 0 aliphatic carbocycles. The summed E-state index contributed by atoms with van der Waals surface area (Å²) >= 11 is 0. The number of carbonyl (C=O) groups excluding carboxylic acids is 2. The van der Waals surface area contributed by atoms with Crippen molar-refractivity contribution in [3.05, 3.63) is 35.9 Å². The Labute approximate surface area is 138 Å². The molecule has 1 heterocycles. The summed E-state index contributed by atoms with van der Waals surface area (Å²) in [5.74, 6) is 0.216. The smallest absolute Gasteiger partial charge is 0.410 e. The predicted octanol–water partition coefficient (Wildman–Crippen LogP) is 2.46. The average molecular weight is 318 g/mol. The third-order valence-corrected chi connectivity index (χ3v) is 4.17. The van der Waals surface area contributed by atoms with Crippen molar-refractivity contribution in [1.29, 1.82) is 0 Å². The molecule has 1 fully saturated rings. The highest BCUT2D eigenvalue weighted by molar-refractivity contribution is 5.79. The highest BCUT2D eigenvalue weighted by Gasteiger charge is 2.27. The zero-order valence-corrected chi connectivity index (χ0v) is 14.1. The topological polar surface area (TPSA) is 58.6 Å². The van der Waals surface area contributed by atoms with Gasteiger partial charge in [-0.05, 0) is 24.8 Å². The lowest BCUT2D eigenvalue weighted by Crippen LogP contribution is -2.45. The molecule has 0 spiro atoms. The van der Waals surface area contributed by atoms with Crippen molar-refractivity contribution in [2.75, 3.05) is 19.7 Å². The van der Waals surface area contributed by atoms with Gasteiger partial charge in [0.15, 0.2) is 0 Å². The molecule has 5 heteroatoms. The van der Waals surface area contributed by atoms with E-state index in [2.05, 4.69) is 19.2 Å². The number of rotatable bonds is 7. The molecule has 1 aromatic rings. The van der Waals surface area contributed by atoms with Gasteiger partial charge in [0, 0.05) is 18.5 Å². The SMILES string of the molecule is CC(CN1CCOC1=O)NC(=O)C(Cc1ccccc1)C(C)C. The number of amides is 2. The Bertz CT molecular complexity index is 530. The lowest BCUT2D eigenvalue weighted by molar-refractivity contribution is -0.127. The molecule has 0 saturated carbocycles. The van der Waals surface area contributed by atoms with E-state index in [0.717, 1.165) is 12.0 Å². The molecule has 1 aliphatic rings. The molecule has 2 unspecified atom stereocenters. The van der Waals surface area contributed by atoms with E-state index in [9.17, 15) is 9.59 Å². The molecule has 5 nitrogen and oxygen atoms in total. The number of hydrogen-bond donors (Lipinski definition) is 1. The Balaban J connectivity index is 1.91. The predicted molar refractivity (Wildman–Crippen MR) is 89.0 cm³/mol. The van der Waals surface area contributed by atoms with Crippen molar-refractivity contribution < 1.29 is 14.3 Å². The third-order valence-electron chi connectivity index (χ3n) is 4.17. The summed E-state index contributed by atoms with van der Waals surface area (Å²) in [5, 5.41) is 3.04. The molecule has 0 aromatic heterocycles. The number of benzene rings is 1. The van der Waals surface area contributed by atoms with Crippen LogP contribution >= 0.6 is 0 Å². The van der Waals surface area contributed by atoms with Crippen molar-refractivity contribution in [1.82, 2.24) is 10.2 Å². The molecule has 2 rings (SSSR count). The maximum absolute atomic E-state index is 12.6. The van der Waals surface area contributed by atoms with E-state index >= 15 is 0 Å². The molecule has 126 valence electrons. The van der Waals surface area contributed by atoms with Crippen LogP contribution in [-0.4, -0.2) is 42.6 Å². The van der Waals surface area contributed by atoms with Gasteiger partial charge in [0.2, 0.25) is 5.91 Å². The van der Waals surface area contributed by atoms with Gasteiger partial charge in [-0.2, -0.15) is 0 Å². The quantitative estimate of drug-likeness (QED) is 0.840. The second-order valence-electron chi connectivity index (χ2n) is 6.51. The zero-order valence-electron chi connectivity index (χ0n) is 14.1. The van der Waals surface area contributed by atoms with Crippen molar-refractivity contribution in [2.45, 2.75) is 33.2 Å². The van der Waals surface area contributed by atoms with Gasteiger partial charge < -0.3 is 15.0 Å². The molecule has 1 saturated heterocycles. The van der Waals surface area contributed by atoms with Crippen LogP contribution in [0.5, 0.6) is 0 Å². The molecule has 1 aliphatic heterocycles.